The SMILES string of the molecule is CCOC(=O)CCC(=O)Cn1ccc2ccccc2c1=O. The molecule has 0 fully saturated rings. The fourth-order valence-corrected chi connectivity index (χ4v) is 2.10. The number of carbonyl (C=O) groups is 2. The molecular formula is C16H17NO4. The molecule has 0 bridgehead atoms. The van der Waals surface area contributed by atoms with Crippen LogP contribution in [0.15, 0.2) is 41.3 Å². The number of Topliss-reactive ketones (excluding diaryl/α,β-unsaturated/α-hetero) is 1. The van der Waals surface area contributed by atoms with E-state index in [9.17, 15) is 14.4 Å². The highest BCUT2D eigenvalue weighted by Gasteiger charge is 2.10. The summed E-state index contributed by atoms with van der Waals surface area (Å²) < 4.78 is 6.14. The van der Waals surface area contributed by atoms with Crippen molar-refractivity contribution in [2.24, 2.45) is 0 Å². The Morgan fingerprint density at radius 3 is 2.67 bits per heavy atom. The number of pyridine rings is 1. The Morgan fingerprint density at radius 1 is 1.14 bits per heavy atom. The van der Waals surface area contributed by atoms with Crippen molar-refractivity contribution in [3.05, 3.63) is 46.9 Å². The summed E-state index contributed by atoms with van der Waals surface area (Å²) in [5.74, 6) is -0.558. The van der Waals surface area contributed by atoms with E-state index < -0.39 is 5.97 Å². The van der Waals surface area contributed by atoms with E-state index in [-0.39, 0.29) is 30.7 Å². The second-order valence-electron chi connectivity index (χ2n) is 4.68. The molecule has 0 unspecified atom stereocenters. The number of nitrogens with zero attached hydrogens (tertiary/aromatic N) is 1. The molecule has 0 N–H and O–H groups in total. The van der Waals surface area contributed by atoms with Crippen LogP contribution in [0.3, 0.4) is 0 Å². The molecule has 0 saturated carbocycles. The first-order chi connectivity index (χ1) is 10.1. The zero-order valence-corrected chi connectivity index (χ0v) is 11.9. The minimum Gasteiger partial charge on any atom is -0.466 e. The van der Waals surface area contributed by atoms with Gasteiger partial charge in [0, 0.05) is 18.0 Å². The van der Waals surface area contributed by atoms with Crippen molar-refractivity contribution in [2.45, 2.75) is 26.3 Å². The second kappa shape index (κ2) is 6.83. The van der Waals surface area contributed by atoms with Crippen LogP contribution in [-0.2, 0) is 20.9 Å². The minimum atomic E-state index is -0.392. The molecule has 0 aliphatic carbocycles. The lowest BCUT2D eigenvalue weighted by molar-refractivity contribution is -0.144. The molecule has 0 radical (unpaired) electrons. The molecule has 1 heterocycles. The topological polar surface area (TPSA) is 65.4 Å². The van der Waals surface area contributed by atoms with Gasteiger partial charge in [-0.3, -0.25) is 14.4 Å². The summed E-state index contributed by atoms with van der Waals surface area (Å²) in [6.07, 6.45) is 1.74. The van der Waals surface area contributed by atoms with E-state index in [0.717, 1.165) is 5.39 Å². The van der Waals surface area contributed by atoms with Crippen LogP contribution in [0.25, 0.3) is 10.8 Å². The number of hydrogen-bond acceptors (Lipinski definition) is 4. The smallest absolute Gasteiger partial charge is 0.306 e. The third kappa shape index (κ3) is 3.78. The fraction of sp³-hybridized carbons (Fsp3) is 0.312. The van der Waals surface area contributed by atoms with E-state index in [4.69, 9.17) is 4.74 Å². The quantitative estimate of drug-likeness (QED) is 0.761. The van der Waals surface area contributed by atoms with Gasteiger partial charge in [-0.15, -0.1) is 0 Å². The Labute approximate surface area is 122 Å². The van der Waals surface area contributed by atoms with Gasteiger partial charge in [-0.25, -0.2) is 0 Å². The Bertz CT molecular complexity index is 718. The summed E-state index contributed by atoms with van der Waals surface area (Å²) in [6, 6.07) is 9.03. The molecule has 0 amide bonds. The van der Waals surface area contributed by atoms with Crippen molar-refractivity contribution in [1.29, 1.82) is 0 Å². The minimum absolute atomic E-state index is 0.0247. The number of carbonyl (C=O) groups excluding carboxylic acids is 2. The number of rotatable bonds is 6. The maximum Gasteiger partial charge on any atom is 0.306 e. The molecule has 1 aromatic heterocycles. The molecule has 110 valence electrons. The highest BCUT2D eigenvalue weighted by atomic mass is 16.5. The van der Waals surface area contributed by atoms with Crippen molar-refractivity contribution in [3.63, 3.8) is 0 Å². The van der Waals surface area contributed by atoms with E-state index in [2.05, 4.69) is 0 Å². The van der Waals surface area contributed by atoms with E-state index in [1.165, 1.54) is 4.57 Å². The number of hydrogen-bond donors (Lipinski definition) is 0. The zero-order chi connectivity index (χ0) is 15.2. The average molecular weight is 287 g/mol. The molecule has 5 nitrogen and oxygen atoms in total. The standard InChI is InChI=1S/C16H17NO4/c1-2-21-15(19)8-7-13(18)11-17-10-9-12-5-3-4-6-14(12)16(17)20/h3-6,9-10H,2,7-8,11H2,1H3. The fourth-order valence-electron chi connectivity index (χ4n) is 2.10. The molecule has 0 atom stereocenters. The third-order valence-electron chi connectivity index (χ3n) is 3.15. The zero-order valence-electron chi connectivity index (χ0n) is 11.9. The van der Waals surface area contributed by atoms with Gasteiger partial charge < -0.3 is 9.30 Å². The van der Waals surface area contributed by atoms with Gasteiger partial charge in [0.25, 0.3) is 5.56 Å². The van der Waals surface area contributed by atoms with Gasteiger partial charge >= 0.3 is 5.97 Å². The Kier molecular flexibility index (Phi) is 4.87. The van der Waals surface area contributed by atoms with Gasteiger partial charge in [-0.1, -0.05) is 18.2 Å². The summed E-state index contributed by atoms with van der Waals surface area (Å²) in [5.41, 5.74) is -0.197. The van der Waals surface area contributed by atoms with Crippen LogP contribution in [-0.4, -0.2) is 22.9 Å². The summed E-state index contributed by atoms with van der Waals surface area (Å²) in [4.78, 5) is 35.3. The molecule has 0 saturated heterocycles. The normalized spacial score (nSPS) is 10.5. The van der Waals surface area contributed by atoms with Crippen LogP contribution >= 0.6 is 0 Å². The predicted octanol–water partition coefficient (Wildman–Crippen LogP) is 1.91. The van der Waals surface area contributed by atoms with Crippen molar-refractivity contribution in [3.8, 4) is 0 Å². The number of ketones is 1. The summed E-state index contributed by atoms with van der Waals surface area (Å²) in [6.45, 7) is 1.99. The van der Waals surface area contributed by atoms with Gasteiger partial charge in [0.15, 0.2) is 5.78 Å². The van der Waals surface area contributed by atoms with E-state index >= 15 is 0 Å². The van der Waals surface area contributed by atoms with Crippen molar-refractivity contribution >= 4 is 22.5 Å². The predicted molar refractivity (Wildman–Crippen MR) is 79.1 cm³/mol. The van der Waals surface area contributed by atoms with E-state index in [1.54, 1.807) is 31.3 Å². The lowest BCUT2D eigenvalue weighted by atomic mass is 10.1. The first-order valence-corrected chi connectivity index (χ1v) is 6.87. The van der Waals surface area contributed by atoms with Gasteiger partial charge in [0.1, 0.15) is 0 Å². The van der Waals surface area contributed by atoms with Gasteiger partial charge in [0.2, 0.25) is 0 Å². The van der Waals surface area contributed by atoms with E-state index in [0.29, 0.717) is 12.0 Å². The number of fused-ring (bicyclic) bond motifs is 1. The second-order valence-corrected chi connectivity index (χ2v) is 4.68. The lowest BCUT2D eigenvalue weighted by Gasteiger charge is -2.06. The molecule has 0 aliphatic heterocycles. The highest BCUT2D eigenvalue weighted by Crippen LogP contribution is 2.08. The summed E-state index contributed by atoms with van der Waals surface area (Å²) in [7, 11) is 0. The average Bonchev–Trinajstić information content (AvgIpc) is 2.49. The van der Waals surface area contributed by atoms with Crippen LogP contribution < -0.4 is 5.56 Å². The number of ether oxygens (including phenoxy) is 1. The molecule has 21 heavy (non-hydrogen) atoms. The van der Waals surface area contributed by atoms with Crippen LogP contribution in [0.2, 0.25) is 0 Å². The molecule has 5 heteroatoms. The summed E-state index contributed by atoms with van der Waals surface area (Å²) in [5, 5.41) is 1.43. The highest BCUT2D eigenvalue weighted by molar-refractivity contribution is 5.84. The van der Waals surface area contributed by atoms with Crippen LogP contribution in [0.4, 0.5) is 0 Å². The monoisotopic (exact) mass is 287 g/mol. The van der Waals surface area contributed by atoms with Crippen LogP contribution in [0.5, 0.6) is 0 Å². The largest absolute Gasteiger partial charge is 0.466 e. The Balaban J connectivity index is 2.06. The van der Waals surface area contributed by atoms with Gasteiger partial charge in [-0.2, -0.15) is 0 Å². The molecule has 0 aliphatic rings. The lowest BCUT2D eigenvalue weighted by Crippen LogP contribution is -2.24. The Hall–Kier alpha value is -2.43. The molecule has 1 aromatic carbocycles. The van der Waals surface area contributed by atoms with Crippen LogP contribution in [0.1, 0.15) is 19.8 Å². The van der Waals surface area contributed by atoms with Gasteiger partial charge in [-0.05, 0) is 24.4 Å². The number of benzene rings is 1. The number of aromatic nitrogens is 1. The molecule has 2 aromatic rings. The maximum atomic E-state index is 12.2. The molecule has 2 rings (SSSR count). The Morgan fingerprint density at radius 2 is 1.90 bits per heavy atom. The van der Waals surface area contributed by atoms with Crippen molar-refractivity contribution in [1.82, 2.24) is 4.57 Å². The maximum absolute atomic E-state index is 12.2. The summed E-state index contributed by atoms with van der Waals surface area (Å²) >= 11 is 0. The van der Waals surface area contributed by atoms with Crippen molar-refractivity contribution in [2.75, 3.05) is 6.61 Å². The van der Waals surface area contributed by atoms with Crippen LogP contribution in [0, 0.1) is 0 Å². The third-order valence-corrected chi connectivity index (χ3v) is 3.15. The first-order valence-electron chi connectivity index (χ1n) is 6.87. The number of esters is 1. The van der Waals surface area contributed by atoms with Crippen molar-refractivity contribution < 1.29 is 14.3 Å². The molecule has 0 spiro atoms. The molecular weight excluding hydrogens is 270 g/mol. The van der Waals surface area contributed by atoms with E-state index in [1.807, 2.05) is 12.1 Å². The first kappa shape index (κ1) is 15.0. The van der Waals surface area contributed by atoms with Gasteiger partial charge in [0.05, 0.1) is 19.6 Å².